The molecule has 4 rings (SSSR count). The lowest BCUT2D eigenvalue weighted by Gasteiger charge is -2.09. The predicted molar refractivity (Wildman–Crippen MR) is 150 cm³/mol. The topological polar surface area (TPSA) is 86.1 Å². The number of ether oxygens (including phenoxy) is 1. The van der Waals surface area contributed by atoms with Crippen LogP contribution >= 0.6 is 34.7 Å². The highest BCUT2D eigenvalue weighted by atomic mass is 35.5. The summed E-state index contributed by atoms with van der Waals surface area (Å²) < 4.78 is 6.97. The van der Waals surface area contributed by atoms with Crippen LogP contribution in [0.4, 0.5) is 5.00 Å². The number of carbonyl (C=O) groups excluding carboxylic acids is 2. The SMILES string of the molecule is C=CCn1c(Cc2ccc(Cl)cc2)nnc1SCC(=O)Nc1sc(C)c(-c2ccccc2)c1C(=O)OC. The van der Waals surface area contributed by atoms with E-state index in [-0.39, 0.29) is 11.7 Å². The third-order valence-electron chi connectivity index (χ3n) is 5.50. The Morgan fingerprint density at radius 2 is 1.89 bits per heavy atom. The molecule has 1 amide bonds. The molecule has 1 N–H and O–H groups in total. The Kier molecular flexibility index (Phi) is 8.81. The van der Waals surface area contributed by atoms with E-state index < -0.39 is 5.97 Å². The minimum Gasteiger partial charge on any atom is -0.465 e. The van der Waals surface area contributed by atoms with Crippen LogP contribution in [0.15, 0.2) is 72.4 Å². The monoisotopic (exact) mass is 552 g/mol. The minimum absolute atomic E-state index is 0.0917. The molecule has 0 fully saturated rings. The number of hydrogen-bond acceptors (Lipinski definition) is 7. The van der Waals surface area contributed by atoms with Gasteiger partial charge in [0.25, 0.3) is 0 Å². The first kappa shape index (κ1) is 26.7. The van der Waals surface area contributed by atoms with Gasteiger partial charge in [-0.2, -0.15) is 0 Å². The molecule has 0 unspecified atom stereocenters. The molecule has 0 aliphatic rings. The molecule has 10 heteroatoms. The largest absolute Gasteiger partial charge is 0.465 e. The second-order valence-corrected chi connectivity index (χ2v) is 10.6. The maximum atomic E-state index is 12.9. The van der Waals surface area contributed by atoms with Gasteiger partial charge in [-0.05, 0) is 30.2 Å². The van der Waals surface area contributed by atoms with Gasteiger partial charge in [0, 0.05) is 28.4 Å². The van der Waals surface area contributed by atoms with E-state index in [0.29, 0.717) is 33.7 Å². The predicted octanol–water partition coefficient (Wildman–Crippen LogP) is 6.26. The number of aryl methyl sites for hydroxylation is 1. The van der Waals surface area contributed by atoms with E-state index in [4.69, 9.17) is 16.3 Å². The average molecular weight is 553 g/mol. The summed E-state index contributed by atoms with van der Waals surface area (Å²) in [6, 6.07) is 17.1. The third-order valence-corrected chi connectivity index (χ3v) is 7.74. The van der Waals surface area contributed by atoms with Crippen LogP contribution < -0.4 is 5.32 Å². The van der Waals surface area contributed by atoms with Crippen molar-refractivity contribution in [2.45, 2.75) is 25.0 Å². The van der Waals surface area contributed by atoms with E-state index in [1.165, 1.54) is 30.2 Å². The van der Waals surface area contributed by atoms with Crippen molar-refractivity contribution in [2.24, 2.45) is 0 Å². The number of nitrogens with one attached hydrogen (secondary N) is 1. The molecule has 190 valence electrons. The molecule has 0 atom stereocenters. The second-order valence-electron chi connectivity index (χ2n) is 8.03. The van der Waals surface area contributed by atoms with Crippen molar-refractivity contribution in [3.05, 3.63) is 94.1 Å². The number of thioether (sulfide) groups is 1. The number of halogens is 1. The number of rotatable bonds is 10. The van der Waals surface area contributed by atoms with Crippen LogP contribution in [0.25, 0.3) is 11.1 Å². The smallest absolute Gasteiger partial charge is 0.341 e. The Labute approximate surface area is 228 Å². The Hall–Kier alpha value is -3.40. The van der Waals surface area contributed by atoms with E-state index in [9.17, 15) is 9.59 Å². The number of nitrogens with zero attached hydrogens (tertiary/aromatic N) is 3. The van der Waals surface area contributed by atoms with E-state index in [0.717, 1.165) is 27.4 Å². The molecule has 2 aromatic heterocycles. The maximum absolute atomic E-state index is 12.9. The molecule has 0 spiro atoms. The molecule has 37 heavy (non-hydrogen) atoms. The number of thiophene rings is 1. The normalized spacial score (nSPS) is 10.8. The molecule has 7 nitrogen and oxygen atoms in total. The van der Waals surface area contributed by atoms with Gasteiger partial charge in [0.2, 0.25) is 5.91 Å². The van der Waals surface area contributed by atoms with Crippen molar-refractivity contribution in [3.63, 3.8) is 0 Å². The van der Waals surface area contributed by atoms with Gasteiger partial charge < -0.3 is 14.6 Å². The zero-order valence-corrected chi connectivity index (χ0v) is 22.8. The number of anilines is 1. The fourth-order valence-corrected chi connectivity index (χ4v) is 5.80. The standard InChI is InChI=1S/C27H25ClN4O3S2/c1-4-14-32-21(15-18-10-12-20(28)13-11-18)30-31-27(32)36-16-22(33)29-25-24(26(34)35-3)23(17(2)37-25)19-8-6-5-7-9-19/h4-13H,1,14-16H2,2-3H3,(H,29,33). The van der Waals surface area contributed by atoms with E-state index in [1.807, 2.05) is 66.1 Å². The Morgan fingerprint density at radius 1 is 1.16 bits per heavy atom. The second kappa shape index (κ2) is 12.2. The highest BCUT2D eigenvalue weighted by Crippen LogP contribution is 2.40. The Balaban J connectivity index is 1.50. The van der Waals surface area contributed by atoms with Gasteiger partial charge in [0.1, 0.15) is 16.4 Å². The minimum atomic E-state index is -0.497. The fourth-order valence-electron chi connectivity index (χ4n) is 3.83. The summed E-state index contributed by atoms with van der Waals surface area (Å²) in [6.45, 7) is 6.26. The van der Waals surface area contributed by atoms with Crippen LogP contribution in [0.5, 0.6) is 0 Å². The third kappa shape index (κ3) is 6.30. The fraction of sp³-hybridized carbons (Fsp3) is 0.185. The zero-order valence-electron chi connectivity index (χ0n) is 20.4. The molecule has 0 radical (unpaired) electrons. The van der Waals surface area contributed by atoms with Gasteiger partial charge in [-0.1, -0.05) is 71.9 Å². The average Bonchev–Trinajstić information content (AvgIpc) is 3.43. The van der Waals surface area contributed by atoms with Gasteiger partial charge >= 0.3 is 5.97 Å². The van der Waals surface area contributed by atoms with Crippen LogP contribution in [0.2, 0.25) is 5.02 Å². The molecule has 0 aliphatic carbocycles. The van der Waals surface area contributed by atoms with Gasteiger partial charge in [0.05, 0.1) is 12.9 Å². The molecule has 4 aromatic rings. The molecule has 0 saturated heterocycles. The van der Waals surface area contributed by atoms with E-state index >= 15 is 0 Å². The molecule has 2 heterocycles. The number of hydrogen-bond donors (Lipinski definition) is 1. The molecular weight excluding hydrogens is 528 g/mol. The Morgan fingerprint density at radius 3 is 2.57 bits per heavy atom. The first-order valence-electron chi connectivity index (χ1n) is 11.4. The number of carbonyl (C=O) groups is 2. The van der Waals surface area contributed by atoms with Crippen LogP contribution in [-0.2, 0) is 22.5 Å². The van der Waals surface area contributed by atoms with Crippen LogP contribution in [0.1, 0.15) is 26.6 Å². The zero-order chi connectivity index (χ0) is 26.4. The first-order valence-corrected chi connectivity index (χ1v) is 13.6. The highest BCUT2D eigenvalue weighted by molar-refractivity contribution is 7.99. The maximum Gasteiger partial charge on any atom is 0.341 e. The van der Waals surface area contributed by atoms with Crippen LogP contribution in [0.3, 0.4) is 0 Å². The number of allylic oxidation sites excluding steroid dienone is 1. The summed E-state index contributed by atoms with van der Waals surface area (Å²) in [4.78, 5) is 26.5. The lowest BCUT2D eigenvalue weighted by Crippen LogP contribution is -2.16. The van der Waals surface area contributed by atoms with Crippen LogP contribution in [0, 0.1) is 6.92 Å². The molecule has 2 aromatic carbocycles. The van der Waals surface area contributed by atoms with Crippen molar-refractivity contribution in [2.75, 3.05) is 18.2 Å². The summed E-state index contributed by atoms with van der Waals surface area (Å²) >= 11 is 8.61. The number of amides is 1. The quantitative estimate of drug-likeness (QED) is 0.142. The van der Waals surface area contributed by atoms with Crippen molar-refractivity contribution >= 4 is 51.6 Å². The number of aromatic nitrogens is 3. The number of methoxy groups -OCH3 is 1. The summed E-state index contributed by atoms with van der Waals surface area (Å²) in [5, 5.41) is 13.3. The van der Waals surface area contributed by atoms with Crippen LogP contribution in [-0.4, -0.2) is 39.5 Å². The molecule has 0 aliphatic heterocycles. The van der Waals surface area contributed by atoms with Gasteiger partial charge in [0.15, 0.2) is 5.16 Å². The van der Waals surface area contributed by atoms with Crippen molar-refractivity contribution in [1.82, 2.24) is 14.8 Å². The summed E-state index contributed by atoms with van der Waals surface area (Å²) in [6.07, 6.45) is 2.34. The molecule has 0 saturated carbocycles. The Bertz CT molecular complexity index is 1420. The lowest BCUT2D eigenvalue weighted by atomic mass is 10.0. The summed E-state index contributed by atoms with van der Waals surface area (Å²) in [7, 11) is 1.33. The lowest BCUT2D eigenvalue weighted by molar-refractivity contribution is -0.113. The number of esters is 1. The number of benzene rings is 2. The molecular formula is C27H25ClN4O3S2. The van der Waals surface area contributed by atoms with Crippen molar-refractivity contribution in [1.29, 1.82) is 0 Å². The van der Waals surface area contributed by atoms with E-state index in [2.05, 4.69) is 22.1 Å². The van der Waals surface area contributed by atoms with Gasteiger partial charge in [-0.15, -0.1) is 28.1 Å². The van der Waals surface area contributed by atoms with Gasteiger partial charge in [-0.3, -0.25) is 4.79 Å². The van der Waals surface area contributed by atoms with E-state index in [1.54, 1.807) is 6.08 Å². The molecule has 0 bridgehead atoms. The highest BCUT2D eigenvalue weighted by Gasteiger charge is 2.25. The summed E-state index contributed by atoms with van der Waals surface area (Å²) in [5.41, 5.74) is 3.05. The first-order chi connectivity index (χ1) is 17.9. The van der Waals surface area contributed by atoms with Crippen molar-refractivity contribution < 1.29 is 14.3 Å². The summed E-state index contributed by atoms with van der Waals surface area (Å²) in [5.74, 6) is 0.0979. The van der Waals surface area contributed by atoms with Gasteiger partial charge in [-0.25, -0.2) is 4.79 Å². The van der Waals surface area contributed by atoms with Crippen molar-refractivity contribution in [3.8, 4) is 11.1 Å².